The van der Waals surface area contributed by atoms with Gasteiger partial charge in [0.25, 0.3) is 0 Å². The topological polar surface area (TPSA) is 32.8 Å². The van der Waals surface area contributed by atoms with Crippen molar-refractivity contribution in [2.45, 2.75) is 50.9 Å². The molecule has 1 fully saturated rings. The Labute approximate surface area is 69.6 Å². The average molecular weight is 174 g/mol. The highest BCUT2D eigenvalue weighted by Gasteiger charge is 2.64. The van der Waals surface area contributed by atoms with Crippen molar-refractivity contribution in [3.63, 3.8) is 0 Å². The second-order valence-electron chi connectivity index (χ2n) is 4.48. The average Bonchev–Trinajstić information content (AvgIpc) is 2.39. The van der Waals surface area contributed by atoms with Gasteiger partial charge in [-0.05, 0) is 13.8 Å². The summed E-state index contributed by atoms with van der Waals surface area (Å²) >= 11 is 0. The quantitative estimate of drug-likeness (QED) is 0.507. The summed E-state index contributed by atoms with van der Waals surface area (Å²) in [5.41, 5.74) is 0. The Morgan fingerprint density at radius 3 is 1.82 bits per heavy atom. The van der Waals surface area contributed by atoms with Crippen molar-refractivity contribution in [1.29, 1.82) is 0 Å². The van der Waals surface area contributed by atoms with Crippen molar-refractivity contribution in [1.82, 2.24) is 0 Å². The smallest absolute Gasteiger partial charge is 0.108 e. The van der Waals surface area contributed by atoms with Crippen LogP contribution in [0.25, 0.3) is 0 Å². The van der Waals surface area contributed by atoms with Gasteiger partial charge in [0, 0.05) is 0 Å². The van der Waals surface area contributed by atoms with Crippen LogP contribution in [-0.2, 0) is 4.74 Å². The Bertz CT molecular complexity index is 162. The zero-order valence-corrected chi connectivity index (χ0v) is 9.01. The fourth-order valence-electron chi connectivity index (χ4n) is 2.11. The predicted octanol–water partition coefficient (Wildman–Crippen LogP) is 1.40. The summed E-state index contributed by atoms with van der Waals surface area (Å²) in [6.07, 6.45) is -0.0571. The van der Waals surface area contributed by atoms with E-state index in [0.717, 1.165) is 0 Å². The maximum Gasteiger partial charge on any atom is 0.108 e. The molecule has 1 N–H and O–H groups in total. The van der Waals surface area contributed by atoms with Crippen molar-refractivity contribution in [3.8, 4) is 0 Å². The molecule has 0 unspecified atom stereocenters. The van der Waals surface area contributed by atoms with Crippen molar-refractivity contribution in [2.75, 3.05) is 0 Å². The summed E-state index contributed by atoms with van der Waals surface area (Å²) in [5.74, 6) is 0. The molecule has 0 spiro atoms. The first-order valence-electron chi connectivity index (χ1n) is 4.18. The Morgan fingerprint density at radius 1 is 1.45 bits per heavy atom. The number of epoxide rings is 1. The number of rotatable bonds is 2. The van der Waals surface area contributed by atoms with E-state index in [1.54, 1.807) is 0 Å². The largest absolute Gasteiger partial charge is 0.391 e. The van der Waals surface area contributed by atoms with Crippen LogP contribution in [0.5, 0.6) is 0 Å². The third-order valence-electron chi connectivity index (χ3n) is 2.71. The van der Waals surface area contributed by atoms with Gasteiger partial charge in [0.15, 0.2) is 0 Å². The Kier molecular flexibility index (Phi) is 1.94. The van der Waals surface area contributed by atoms with Crippen LogP contribution in [-0.4, -0.2) is 30.6 Å². The molecule has 1 rings (SSSR count). The van der Waals surface area contributed by atoms with E-state index in [1.807, 2.05) is 13.8 Å². The first-order valence-corrected chi connectivity index (χ1v) is 7.68. The normalized spacial score (nSPS) is 40.4. The van der Waals surface area contributed by atoms with Gasteiger partial charge in [0.1, 0.15) is 5.22 Å². The molecule has 2 nitrogen and oxygen atoms in total. The van der Waals surface area contributed by atoms with Crippen LogP contribution < -0.4 is 0 Å². The summed E-state index contributed by atoms with van der Waals surface area (Å²) < 4.78 is 5.54. The minimum absolute atomic E-state index is 0.160. The maximum atomic E-state index is 9.56. The van der Waals surface area contributed by atoms with Crippen LogP contribution in [0.4, 0.5) is 0 Å². The van der Waals surface area contributed by atoms with Crippen LogP contribution >= 0.6 is 0 Å². The van der Waals surface area contributed by atoms with E-state index in [9.17, 15) is 5.11 Å². The second-order valence-corrected chi connectivity index (χ2v) is 9.76. The molecule has 0 radical (unpaired) electrons. The number of aliphatic hydroxyl groups excluding tert-OH is 1. The number of ether oxygens (including phenoxy) is 1. The van der Waals surface area contributed by atoms with Crippen LogP contribution in [0.1, 0.15) is 13.8 Å². The molecule has 11 heavy (non-hydrogen) atoms. The molecule has 1 heterocycles. The fourth-order valence-corrected chi connectivity index (χ4v) is 5.11. The first-order chi connectivity index (χ1) is 4.82. The first kappa shape index (κ1) is 9.23. The molecule has 1 aliphatic rings. The highest BCUT2D eigenvalue weighted by atomic mass is 28.3. The lowest BCUT2D eigenvalue weighted by Crippen LogP contribution is -2.50. The van der Waals surface area contributed by atoms with E-state index in [0.29, 0.717) is 0 Å². The fraction of sp³-hybridized carbons (Fsp3) is 1.00. The van der Waals surface area contributed by atoms with Gasteiger partial charge in [-0.2, -0.15) is 0 Å². The van der Waals surface area contributed by atoms with Crippen molar-refractivity contribution in [2.24, 2.45) is 0 Å². The molecule has 3 heteroatoms. The molecule has 0 aromatic rings. The van der Waals surface area contributed by atoms with E-state index < -0.39 is 8.07 Å². The van der Waals surface area contributed by atoms with Gasteiger partial charge in [0.2, 0.25) is 0 Å². The maximum absolute atomic E-state index is 9.56. The standard InChI is InChI=1S/C8H18O2Si/c1-6(9)8(7(2)10-8)11(3,4)5/h6-7,9H,1-5H3/t6-,7+,8+/m1/s1. The van der Waals surface area contributed by atoms with E-state index in [4.69, 9.17) is 4.74 Å². The van der Waals surface area contributed by atoms with Crippen LogP contribution in [0.3, 0.4) is 0 Å². The van der Waals surface area contributed by atoms with Gasteiger partial charge in [-0.15, -0.1) is 0 Å². The van der Waals surface area contributed by atoms with Crippen LogP contribution in [0.2, 0.25) is 19.6 Å². The molecule has 1 saturated heterocycles. The minimum atomic E-state index is -1.37. The van der Waals surface area contributed by atoms with Gasteiger partial charge in [0.05, 0.1) is 20.3 Å². The van der Waals surface area contributed by atoms with Crippen LogP contribution in [0, 0.1) is 0 Å². The molecule has 0 aliphatic carbocycles. The zero-order valence-electron chi connectivity index (χ0n) is 8.01. The van der Waals surface area contributed by atoms with Gasteiger partial charge >= 0.3 is 0 Å². The van der Waals surface area contributed by atoms with E-state index in [-0.39, 0.29) is 17.4 Å². The van der Waals surface area contributed by atoms with Crippen molar-refractivity contribution in [3.05, 3.63) is 0 Å². The summed E-state index contributed by atoms with van der Waals surface area (Å²) in [5, 5.41) is 9.40. The predicted molar refractivity (Wildman–Crippen MR) is 48.3 cm³/mol. The minimum Gasteiger partial charge on any atom is -0.391 e. The third-order valence-corrected chi connectivity index (χ3v) is 6.00. The van der Waals surface area contributed by atoms with Gasteiger partial charge in [-0.3, -0.25) is 0 Å². The van der Waals surface area contributed by atoms with E-state index >= 15 is 0 Å². The second kappa shape index (κ2) is 2.31. The summed E-state index contributed by atoms with van der Waals surface area (Å²) in [6.45, 7) is 10.6. The van der Waals surface area contributed by atoms with Crippen LogP contribution in [0.15, 0.2) is 0 Å². The monoisotopic (exact) mass is 174 g/mol. The van der Waals surface area contributed by atoms with Gasteiger partial charge < -0.3 is 9.84 Å². The zero-order chi connectivity index (χ0) is 8.86. The molecule has 3 atom stereocenters. The molecule has 0 aromatic heterocycles. The molecular weight excluding hydrogens is 156 g/mol. The Balaban J connectivity index is 2.80. The molecule has 0 saturated carbocycles. The van der Waals surface area contributed by atoms with E-state index in [2.05, 4.69) is 19.6 Å². The lowest BCUT2D eigenvalue weighted by molar-refractivity contribution is 0.127. The molecule has 0 amide bonds. The molecule has 0 aromatic carbocycles. The Hall–Kier alpha value is 0.137. The number of hydrogen-bond acceptors (Lipinski definition) is 2. The Morgan fingerprint density at radius 2 is 1.82 bits per heavy atom. The molecular formula is C8H18O2Si. The van der Waals surface area contributed by atoms with Crippen molar-refractivity contribution >= 4 is 8.07 Å². The number of aliphatic hydroxyl groups is 1. The van der Waals surface area contributed by atoms with Gasteiger partial charge in [-0.1, -0.05) is 19.6 Å². The molecule has 66 valence electrons. The highest BCUT2D eigenvalue weighted by molar-refractivity contribution is 6.80. The van der Waals surface area contributed by atoms with Crippen molar-refractivity contribution < 1.29 is 9.84 Å². The van der Waals surface area contributed by atoms with Gasteiger partial charge in [-0.25, -0.2) is 0 Å². The SMILES string of the molecule is C[C@@H]1O[C@@]1([C@@H](C)O)[Si](C)(C)C. The lowest BCUT2D eigenvalue weighted by Gasteiger charge is -2.28. The summed E-state index contributed by atoms with van der Waals surface area (Å²) in [4.78, 5) is 0. The molecule has 0 bridgehead atoms. The summed E-state index contributed by atoms with van der Waals surface area (Å²) in [6, 6.07) is 0. The highest BCUT2D eigenvalue weighted by Crippen LogP contribution is 2.46. The number of hydrogen-bond donors (Lipinski definition) is 1. The van der Waals surface area contributed by atoms with E-state index in [1.165, 1.54) is 0 Å². The molecule has 1 aliphatic heterocycles. The lowest BCUT2D eigenvalue weighted by atomic mass is 10.2. The third kappa shape index (κ3) is 1.15. The summed E-state index contributed by atoms with van der Waals surface area (Å²) in [7, 11) is -1.37.